The Morgan fingerprint density at radius 1 is 1.16 bits per heavy atom. The van der Waals surface area contributed by atoms with Gasteiger partial charge >= 0.3 is 0 Å². The van der Waals surface area contributed by atoms with Crippen LogP contribution in [0.1, 0.15) is 22.8 Å². The number of benzene rings is 2. The van der Waals surface area contributed by atoms with E-state index in [0.717, 1.165) is 23.1 Å². The molecule has 0 aliphatic heterocycles. The number of aromatic hydroxyl groups is 1. The maximum atomic E-state index is 11.6. The maximum Gasteiger partial charge on any atom is 0.251 e. The summed E-state index contributed by atoms with van der Waals surface area (Å²) >= 11 is 0. The Hall–Kier alpha value is -2.29. The molecule has 0 unspecified atom stereocenters. The van der Waals surface area contributed by atoms with E-state index >= 15 is 0 Å². The Balaban J connectivity index is 2.44. The molecule has 0 heterocycles. The molecule has 0 saturated heterocycles. The molecule has 2 N–H and O–H groups in total. The zero-order valence-electron chi connectivity index (χ0n) is 11.1. The average Bonchev–Trinajstić information content (AvgIpc) is 2.47. The van der Waals surface area contributed by atoms with E-state index in [1.54, 1.807) is 19.2 Å². The average molecular weight is 255 g/mol. The molecule has 2 rings (SSSR count). The van der Waals surface area contributed by atoms with Crippen LogP contribution in [0.5, 0.6) is 5.75 Å². The molecule has 0 bridgehead atoms. The van der Waals surface area contributed by atoms with E-state index in [9.17, 15) is 9.90 Å². The number of aryl methyl sites for hydroxylation is 1. The highest BCUT2D eigenvalue weighted by Crippen LogP contribution is 2.26. The van der Waals surface area contributed by atoms with Gasteiger partial charge in [-0.25, -0.2) is 0 Å². The molecule has 3 nitrogen and oxygen atoms in total. The van der Waals surface area contributed by atoms with Gasteiger partial charge in [0, 0.05) is 12.6 Å². The Labute approximate surface area is 112 Å². The van der Waals surface area contributed by atoms with Crippen molar-refractivity contribution in [3.63, 3.8) is 0 Å². The van der Waals surface area contributed by atoms with E-state index in [1.807, 2.05) is 37.3 Å². The van der Waals surface area contributed by atoms with E-state index < -0.39 is 0 Å². The number of carbonyl (C=O) groups is 1. The van der Waals surface area contributed by atoms with Crippen molar-refractivity contribution in [2.45, 2.75) is 13.3 Å². The Kier molecular flexibility index (Phi) is 3.85. The van der Waals surface area contributed by atoms with Crippen molar-refractivity contribution in [1.82, 2.24) is 5.32 Å². The van der Waals surface area contributed by atoms with Crippen molar-refractivity contribution in [3.05, 3.63) is 53.6 Å². The lowest BCUT2D eigenvalue weighted by Crippen LogP contribution is -2.17. The van der Waals surface area contributed by atoms with Crippen LogP contribution in [0.2, 0.25) is 0 Å². The second kappa shape index (κ2) is 5.57. The van der Waals surface area contributed by atoms with Crippen LogP contribution in [-0.2, 0) is 6.42 Å². The van der Waals surface area contributed by atoms with Crippen molar-refractivity contribution in [2.24, 2.45) is 0 Å². The first-order valence-corrected chi connectivity index (χ1v) is 6.30. The first kappa shape index (κ1) is 13.1. The summed E-state index contributed by atoms with van der Waals surface area (Å²) in [6, 6.07) is 13.0. The third kappa shape index (κ3) is 2.76. The quantitative estimate of drug-likeness (QED) is 0.885. The van der Waals surface area contributed by atoms with Crippen LogP contribution in [0.25, 0.3) is 11.1 Å². The van der Waals surface area contributed by atoms with Crippen LogP contribution < -0.4 is 5.32 Å². The van der Waals surface area contributed by atoms with Crippen molar-refractivity contribution in [3.8, 4) is 16.9 Å². The molecule has 2 aromatic rings. The summed E-state index contributed by atoms with van der Waals surface area (Å²) in [5.74, 6) is 0.213. The highest BCUT2D eigenvalue weighted by atomic mass is 16.3. The smallest absolute Gasteiger partial charge is 0.251 e. The van der Waals surface area contributed by atoms with E-state index in [1.165, 1.54) is 0 Å². The minimum Gasteiger partial charge on any atom is -0.508 e. The van der Waals surface area contributed by atoms with Crippen LogP contribution in [0.4, 0.5) is 0 Å². The van der Waals surface area contributed by atoms with E-state index in [-0.39, 0.29) is 5.91 Å². The molecule has 0 spiro atoms. The normalized spacial score (nSPS) is 10.2. The summed E-state index contributed by atoms with van der Waals surface area (Å²) in [4.78, 5) is 11.6. The van der Waals surface area contributed by atoms with Gasteiger partial charge in [-0.15, -0.1) is 0 Å². The van der Waals surface area contributed by atoms with Crippen molar-refractivity contribution >= 4 is 5.91 Å². The van der Waals surface area contributed by atoms with Gasteiger partial charge in [0.15, 0.2) is 0 Å². The van der Waals surface area contributed by atoms with Gasteiger partial charge in [0.1, 0.15) is 5.75 Å². The fourth-order valence-corrected chi connectivity index (χ4v) is 2.03. The monoisotopic (exact) mass is 255 g/mol. The number of hydrogen-bond acceptors (Lipinski definition) is 2. The summed E-state index contributed by atoms with van der Waals surface area (Å²) in [7, 11) is 1.62. The van der Waals surface area contributed by atoms with Crippen molar-refractivity contribution in [2.75, 3.05) is 7.05 Å². The van der Waals surface area contributed by atoms with Crippen LogP contribution in [0.15, 0.2) is 42.5 Å². The predicted octanol–water partition coefficient (Wildman–Crippen LogP) is 2.98. The fraction of sp³-hybridized carbons (Fsp3) is 0.188. The molecule has 3 heteroatoms. The third-order valence-electron chi connectivity index (χ3n) is 3.15. The van der Waals surface area contributed by atoms with Gasteiger partial charge in [0.05, 0.1) is 0 Å². The first-order chi connectivity index (χ1) is 9.15. The molecule has 0 saturated carbocycles. The largest absolute Gasteiger partial charge is 0.508 e. The predicted molar refractivity (Wildman–Crippen MR) is 76.3 cm³/mol. The standard InChI is InChI=1S/C16H17NO2/c1-3-11-9-13(7-8-15(11)18)12-5-4-6-14(10-12)16(19)17-2/h4-10,18H,3H2,1-2H3,(H,17,19). The molecule has 0 aliphatic carbocycles. The molecule has 19 heavy (non-hydrogen) atoms. The molecule has 2 aromatic carbocycles. The molecular weight excluding hydrogens is 238 g/mol. The van der Waals surface area contributed by atoms with Gasteiger partial charge in [-0.2, -0.15) is 0 Å². The van der Waals surface area contributed by atoms with E-state index in [2.05, 4.69) is 5.32 Å². The first-order valence-electron chi connectivity index (χ1n) is 6.30. The minimum absolute atomic E-state index is 0.101. The Morgan fingerprint density at radius 3 is 2.58 bits per heavy atom. The fourth-order valence-electron chi connectivity index (χ4n) is 2.03. The second-order valence-corrected chi connectivity index (χ2v) is 4.36. The number of phenols is 1. The lowest BCUT2D eigenvalue weighted by molar-refractivity contribution is 0.0963. The Bertz CT molecular complexity index is 605. The molecule has 0 aliphatic rings. The zero-order valence-corrected chi connectivity index (χ0v) is 11.1. The summed E-state index contributed by atoms with van der Waals surface area (Å²) in [5.41, 5.74) is 3.50. The highest BCUT2D eigenvalue weighted by Gasteiger charge is 2.07. The van der Waals surface area contributed by atoms with Gasteiger partial charge in [0.2, 0.25) is 0 Å². The highest BCUT2D eigenvalue weighted by molar-refractivity contribution is 5.95. The molecule has 0 atom stereocenters. The van der Waals surface area contributed by atoms with Gasteiger partial charge < -0.3 is 10.4 Å². The summed E-state index contributed by atoms with van der Waals surface area (Å²) in [5, 5.41) is 12.3. The Morgan fingerprint density at radius 2 is 1.89 bits per heavy atom. The number of hydrogen-bond donors (Lipinski definition) is 2. The SMILES string of the molecule is CCc1cc(-c2cccc(C(=O)NC)c2)ccc1O. The summed E-state index contributed by atoms with van der Waals surface area (Å²) < 4.78 is 0. The van der Waals surface area contributed by atoms with Gasteiger partial charge in [-0.3, -0.25) is 4.79 Å². The molecule has 1 amide bonds. The van der Waals surface area contributed by atoms with Gasteiger partial charge in [-0.05, 0) is 47.4 Å². The maximum absolute atomic E-state index is 11.6. The van der Waals surface area contributed by atoms with Crippen LogP contribution >= 0.6 is 0 Å². The summed E-state index contributed by atoms with van der Waals surface area (Å²) in [6.45, 7) is 2.00. The van der Waals surface area contributed by atoms with Gasteiger partial charge in [0.25, 0.3) is 5.91 Å². The number of phenolic OH excluding ortho intramolecular Hbond substituents is 1. The lowest BCUT2D eigenvalue weighted by atomic mass is 9.99. The molecular formula is C16H17NO2. The van der Waals surface area contributed by atoms with Crippen molar-refractivity contribution in [1.29, 1.82) is 0 Å². The third-order valence-corrected chi connectivity index (χ3v) is 3.15. The van der Waals surface area contributed by atoms with Crippen LogP contribution in [0, 0.1) is 0 Å². The molecule has 98 valence electrons. The molecule has 0 radical (unpaired) electrons. The molecule has 0 aromatic heterocycles. The minimum atomic E-state index is -0.101. The van der Waals surface area contributed by atoms with E-state index in [4.69, 9.17) is 0 Å². The number of carbonyl (C=O) groups excluding carboxylic acids is 1. The topological polar surface area (TPSA) is 49.3 Å². The number of amides is 1. The zero-order chi connectivity index (χ0) is 13.8. The second-order valence-electron chi connectivity index (χ2n) is 4.36. The van der Waals surface area contributed by atoms with Gasteiger partial charge in [-0.1, -0.05) is 25.1 Å². The van der Waals surface area contributed by atoms with E-state index in [0.29, 0.717) is 11.3 Å². The number of rotatable bonds is 3. The summed E-state index contributed by atoms with van der Waals surface area (Å²) in [6.07, 6.45) is 0.773. The van der Waals surface area contributed by atoms with Crippen molar-refractivity contribution < 1.29 is 9.90 Å². The van der Waals surface area contributed by atoms with Crippen LogP contribution in [-0.4, -0.2) is 18.1 Å². The molecule has 0 fully saturated rings. The lowest BCUT2D eigenvalue weighted by Gasteiger charge is -2.08. The van der Waals surface area contributed by atoms with Crippen LogP contribution in [0.3, 0.4) is 0 Å². The number of nitrogens with one attached hydrogen (secondary N) is 1.